The van der Waals surface area contributed by atoms with E-state index in [2.05, 4.69) is 112 Å². The lowest BCUT2D eigenvalue weighted by Gasteiger charge is -2.65. The molecule has 0 radical (unpaired) electrons. The Labute approximate surface area is 200 Å². The second-order valence-electron chi connectivity index (χ2n) is 12.9. The normalized spacial score (nSPS) is 35.4. The van der Waals surface area contributed by atoms with Gasteiger partial charge in [-0.1, -0.05) is 112 Å². The molecular weight excluding hydrogens is 396 g/mol. The molecule has 3 aromatic rings. The fourth-order valence-electron chi connectivity index (χ4n) is 8.74. The highest BCUT2D eigenvalue weighted by Gasteiger charge is 2.67. The Morgan fingerprint density at radius 2 is 0.788 bits per heavy atom. The van der Waals surface area contributed by atoms with E-state index in [4.69, 9.17) is 0 Å². The van der Waals surface area contributed by atoms with E-state index in [-0.39, 0.29) is 21.7 Å². The van der Waals surface area contributed by atoms with Crippen LogP contribution in [-0.4, -0.2) is 0 Å². The number of benzene rings is 3. The molecule has 0 heteroatoms. The van der Waals surface area contributed by atoms with Gasteiger partial charge in [-0.05, 0) is 88.7 Å². The third kappa shape index (κ3) is 3.09. The molecule has 0 saturated heterocycles. The zero-order valence-electron chi connectivity index (χ0n) is 20.6. The molecule has 0 heterocycles. The molecule has 7 rings (SSSR count). The van der Waals surface area contributed by atoms with Crippen LogP contribution in [0.5, 0.6) is 0 Å². The fourth-order valence-corrected chi connectivity index (χ4v) is 8.74. The summed E-state index contributed by atoms with van der Waals surface area (Å²) in [5.41, 5.74) is 6.09. The fraction of sp³-hybridized carbons (Fsp3) is 0.455. The van der Waals surface area contributed by atoms with Gasteiger partial charge in [0, 0.05) is 0 Å². The van der Waals surface area contributed by atoms with Gasteiger partial charge in [-0.25, -0.2) is 0 Å². The summed E-state index contributed by atoms with van der Waals surface area (Å²) in [5.74, 6) is 0. The van der Waals surface area contributed by atoms with E-state index in [1.54, 1.807) is 16.7 Å². The molecule has 2 unspecified atom stereocenters. The van der Waals surface area contributed by atoms with Gasteiger partial charge in [0.05, 0.1) is 0 Å². The molecule has 4 fully saturated rings. The standard InChI is InChI=1S/C33H38/c1-29(2,3)33-23-30(26-13-7-4-8-14-26)19-20-31(24-33,27-15-9-5-10-16-27)22-32(21-30,25-33)28-17-11-6-12-18-28/h4-18H,19-25H2,1-3H3. The van der Waals surface area contributed by atoms with Crippen molar-refractivity contribution in [1.82, 2.24) is 0 Å². The molecular formula is C33H38. The van der Waals surface area contributed by atoms with Crippen LogP contribution >= 0.6 is 0 Å². The third-order valence-electron chi connectivity index (χ3n) is 10.2. The molecule has 4 aliphatic rings. The first-order chi connectivity index (χ1) is 15.8. The molecule has 170 valence electrons. The van der Waals surface area contributed by atoms with Gasteiger partial charge in [-0.15, -0.1) is 0 Å². The number of hydrogen-bond acceptors (Lipinski definition) is 0. The van der Waals surface area contributed by atoms with Crippen molar-refractivity contribution in [2.45, 2.75) is 82.0 Å². The Bertz CT molecular complexity index is 1060. The number of fused-ring (bicyclic) bond motifs is 1. The summed E-state index contributed by atoms with van der Waals surface area (Å²) in [5, 5.41) is 0. The highest BCUT2D eigenvalue weighted by atomic mass is 14.7. The van der Waals surface area contributed by atoms with E-state index >= 15 is 0 Å². The van der Waals surface area contributed by atoms with Gasteiger partial charge in [0.2, 0.25) is 0 Å². The van der Waals surface area contributed by atoms with Crippen molar-refractivity contribution in [3.05, 3.63) is 108 Å². The Hall–Kier alpha value is -2.34. The van der Waals surface area contributed by atoms with Gasteiger partial charge in [-0.3, -0.25) is 0 Å². The van der Waals surface area contributed by atoms with Crippen molar-refractivity contribution in [3.8, 4) is 0 Å². The van der Waals surface area contributed by atoms with Crippen molar-refractivity contribution in [2.75, 3.05) is 0 Å². The first-order valence-corrected chi connectivity index (χ1v) is 13.0. The van der Waals surface area contributed by atoms with E-state index < -0.39 is 0 Å². The minimum atomic E-state index is 0.229. The first-order valence-electron chi connectivity index (χ1n) is 13.0. The summed E-state index contributed by atoms with van der Waals surface area (Å²) in [6, 6.07) is 34.9. The molecule has 0 spiro atoms. The number of hydrogen-bond donors (Lipinski definition) is 0. The van der Waals surface area contributed by atoms with Crippen LogP contribution in [0.15, 0.2) is 91.0 Å². The Morgan fingerprint density at radius 1 is 0.455 bits per heavy atom. The van der Waals surface area contributed by atoms with Crippen LogP contribution in [0, 0.1) is 10.8 Å². The quantitative estimate of drug-likeness (QED) is 0.387. The average molecular weight is 435 g/mol. The average Bonchev–Trinajstić information content (AvgIpc) is 3.01. The van der Waals surface area contributed by atoms with E-state index in [1.165, 1.54) is 44.9 Å². The van der Waals surface area contributed by atoms with Gasteiger partial charge in [0.15, 0.2) is 0 Å². The topological polar surface area (TPSA) is 0 Å². The highest BCUT2D eigenvalue weighted by molar-refractivity contribution is 5.42. The maximum atomic E-state index is 2.54. The lowest BCUT2D eigenvalue weighted by atomic mass is 9.38. The minimum absolute atomic E-state index is 0.229. The first kappa shape index (κ1) is 21.2. The van der Waals surface area contributed by atoms with E-state index in [0.29, 0.717) is 5.41 Å². The molecule has 0 aliphatic heterocycles. The Morgan fingerprint density at radius 3 is 1.15 bits per heavy atom. The molecule has 0 aromatic heterocycles. The SMILES string of the molecule is CC(C)(C)C12CC3(c4ccccc4)CCC(c4ccccc4)(CC(c4ccccc4)(C3)C1)C2. The molecule has 4 saturated carbocycles. The third-order valence-corrected chi connectivity index (χ3v) is 10.2. The van der Waals surface area contributed by atoms with Gasteiger partial charge in [0.25, 0.3) is 0 Å². The lowest BCUT2D eigenvalue weighted by Crippen LogP contribution is -2.59. The molecule has 0 nitrogen and oxygen atoms in total. The monoisotopic (exact) mass is 434 g/mol. The van der Waals surface area contributed by atoms with Crippen molar-refractivity contribution in [2.24, 2.45) is 10.8 Å². The maximum Gasteiger partial charge on any atom is -0.00246 e. The predicted molar refractivity (Wildman–Crippen MR) is 139 cm³/mol. The molecule has 2 atom stereocenters. The van der Waals surface area contributed by atoms with Gasteiger partial charge in [-0.2, -0.15) is 0 Å². The summed E-state index contributed by atoms with van der Waals surface area (Å²) in [7, 11) is 0. The van der Waals surface area contributed by atoms with Crippen LogP contribution in [-0.2, 0) is 16.2 Å². The minimum Gasteiger partial charge on any atom is -0.0622 e. The molecule has 4 bridgehead atoms. The summed E-state index contributed by atoms with van der Waals surface area (Å²) in [6.07, 6.45) is 9.18. The van der Waals surface area contributed by atoms with E-state index in [0.717, 1.165) is 0 Å². The molecule has 0 amide bonds. The van der Waals surface area contributed by atoms with Gasteiger partial charge in [0.1, 0.15) is 0 Å². The maximum absolute atomic E-state index is 2.54. The van der Waals surface area contributed by atoms with E-state index in [9.17, 15) is 0 Å². The van der Waals surface area contributed by atoms with Crippen LogP contribution in [0.1, 0.15) is 82.4 Å². The van der Waals surface area contributed by atoms with Crippen molar-refractivity contribution >= 4 is 0 Å². The van der Waals surface area contributed by atoms with Crippen LogP contribution in [0.3, 0.4) is 0 Å². The van der Waals surface area contributed by atoms with E-state index in [1.807, 2.05) is 0 Å². The Balaban J connectivity index is 1.65. The molecule has 3 aromatic carbocycles. The van der Waals surface area contributed by atoms with Crippen LogP contribution < -0.4 is 0 Å². The highest BCUT2D eigenvalue weighted by Crippen LogP contribution is 2.74. The van der Waals surface area contributed by atoms with Crippen molar-refractivity contribution in [3.63, 3.8) is 0 Å². The summed E-state index contributed by atoms with van der Waals surface area (Å²) in [4.78, 5) is 0. The predicted octanol–water partition coefficient (Wildman–Crippen LogP) is 8.60. The molecule has 4 aliphatic carbocycles. The van der Waals surface area contributed by atoms with Crippen LogP contribution in [0.4, 0.5) is 0 Å². The molecule has 33 heavy (non-hydrogen) atoms. The number of rotatable bonds is 3. The second-order valence-corrected chi connectivity index (χ2v) is 12.9. The van der Waals surface area contributed by atoms with Gasteiger partial charge < -0.3 is 0 Å². The van der Waals surface area contributed by atoms with Crippen molar-refractivity contribution in [1.29, 1.82) is 0 Å². The largest absolute Gasteiger partial charge is 0.0622 e. The van der Waals surface area contributed by atoms with Crippen molar-refractivity contribution < 1.29 is 0 Å². The summed E-state index contributed by atoms with van der Waals surface area (Å²) in [6.45, 7) is 7.61. The zero-order chi connectivity index (χ0) is 22.8. The zero-order valence-corrected chi connectivity index (χ0v) is 20.6. The van der Waals surface area contributed by atoms with Crippen LogP contribution in [0.25, 0.3) is 0 Å². The van der Waals surface area contributed by atoms with Gasteiger partial charge >= 0.3 is 0 Å². The second kappa shape index (κ2) is 7.08. The Kier molecular flexibility index (Phi) is 4.55. The lowest BCUT2D eigenvalue weighted by molar-refractivity contribution is -0.0847. The summed E-state index contributed by atoms with van der Waals surface area (Å²) < 4.78 is 0. The van der Waals surface area contributed by atoms with Crippen LogP contribution in [0.2, 0.25) is 0 Å². The molecule has 0 N–H and O–H groups in total. The summed E-state index contributed by atoms with van der Waals surface area (Å²) >= 11 is 0. The smallest absolute Gasteiger partial charge is 0.00246 e.